The maximum Gasteiger partial charge on any atom is 0.328 e. The van der Waals surface area contributed by atoms with Crippen molar-refractivity contribution in [3.63, 3.8) is 0 Å². The van der Waals surface area contributed by atoms with Crippen LogP contribution >= 0.6 is 0 Å². The summed E-state index contributed by atoms with van der Waals surface area (Å²) in [5, 5.41) is 11.6. The zero-order valence-corrected chi connectivity index (χ0v) is 8.11. The second-order valence-electron chi connectivity index (χ2n) is 3.53. The van der Waals surface area contributed by atoms with Crippen molar-refractivity contribution >= 4 is 17.5 Å². The summed E-state index contributed by atoms with van der Waals surface area (Å²) >= 11 is 0. The van der Waals surface area contributed by atoms with E-state index in [2.05, 4.69) is 10.3 Å². The van der Waals surface area contributed by atoms with Crippen molar-refractivity contribution in [2.75, 3.05) is 11.1 Å². The molecule has 0 aliphatic rings. The lowest BCUT2D eigenvalue weighted by Gasteiger charge is -2.21. The number of hydrogen-bond acceptors (Lipinski definition) is 4. The van der Waals surface area contributed by atoms with E-state index in [1.807, 2.05) is 0 Å². The van der Waals surface area contributed by atoms with Crippen LogP contribution in [0.15, 0.2) is 18.3 Å². The van der Waals surface area contributed by atoms with Crippen LogP contribution in [0.4, 0.5) is 11.5 Å². The Labute approximate surface area is 82.0 Å². The Balaban J connectivity index is 2.79. The van der Waals surface area contributed by atoms with Gasteiger partial charge >= 0.3 is 5.97 Å². The van der Waals surface area contributed by atoms with Crippen LogP contribution in [-0.4, -0.2) is 21.6 Å². The first-order valence-electron chi connectivity index (χ1n) is 4.15. The molecule has 1 rings (SSSR count). The van der Waals surface area contributed by atoms with Crippen LogP contribution in [0, 0.1) is 0 Å². The number of nitrogens with two attached hydrogens (primary N) is 1. The molecule has 0 bridgehead atoms. The topological polar surface area (TPSA) is 88.2 Å². The summed E-state index contributed by atoms with van der Waals surface area (Å²) < 4.78 is 0. The highest BCUT2D eigenvalue weighted by molar-refractivity contribution is 5.81. The Morgan fingerprint density at radius 2 is 2.21 bits per heavy atom. The molecule has 0 radical (unpaired) electrons. The number of carboxylic acids is 1. The highest BCUT2D eigenvalue weighted by atomic mass is 16.4. The molecular weight excluding hydrogens is 182 g/mol. The van der Waals surface area contributed by atoms with Crippen LogP contribution in [-0.2, 0) is 4.79 Å². The van der Waals surface area contributed by atoms with E-state index in [1.54, 1.807) is 26.0 Å². The van der Waals surface area contributed by atoms with Crippen molar-refractivity contribution < 1.29 is 9.90 Å². The molecule has 0 spiro atoms. The average molecular weight is 195 g/mol. The van der Waals surface area contributed by atoms with E-state index in [0.29, 0.717) is 11.5 Å². The van der Waals surface area contributed by atoms with Gasteiger partial charge in [-0.15, -0.1) is 0 Å². The lowest BCUT2D eigenvalue weighted by atomic mass is 10.1. The molecule has 0 aromatic carbocycles. The maximum absolute atomic E-state index is 10.8. The Hall–Kier alpha value is -1.78. The third-order valence-electron chi connectivity index (χ3n) is 1.76. The van der Waals surface area contributed by atoms with Crippen molar-refractivity contribution in [3.8, 4) is 0 Å². The number of nitrogens with zero attached hydrogens (tertiary/aromatic N) is 1. The first-order valence-corrected chi connectivity index (χ1v) is 4.15. The van der Waals surface area contributed by atoms with E-state index in [9.17, 15) is 4.79 Å². The van der Waals surface area contributed by atoms with Gasteiger partial charge in [-0.3, -0.25) is 0 Å². The third-order valence-corrected chi connectivity index (χ3v) is 1.76. The minimum absolute atomic E-state index is 0.492. The second kappa shape index (κ2) is 3.53. The van der Waals surface area contributed by atoms with Crippen molar-refractivity contribution in [2.45, 2.75) is 19.4 Å². The smallest absolute Gasteiger partial charge is 0.328 e. The molecule has 1 aromatic heterocycles. The highest BCUT2D eigenvalue weighted by Crippen LogP contribution is 2.13. The van der Waals surface area contributed by atoms with Gasteiger partial charge in [-0.25, -0.2) is 9.78 Å². The van der Waals surface area contributed by atoms with Gasteiger partial charge in [-0.05, 0) is 26.0 Å². The summed E-state index contributed by atoms with van der Waals surface area (Å²) in [5.74, 6) is -0.442. The van der Waals surface area contributed by atoms with Gasteiger partial charge < -0.3 is 16.2 Å². The molecule has 5 nitrogen and oxygen atoms in total. The Morgan fingerprint density at radius 1 is 1.57 bits per heavy atom. The molecule has 76 valence electrons. The van der Waals surface area contributed by atoms with E-state index in [1.165, 1.54) is 6.20 Å². The number of rotatable bonds is 3. The molecule has 0 aliphatic heterocycles. The Bertz CT molecular complexity index is 332. The van der Waals surface area contributed by atoms with Gasteiger partial charge in [-0.1, -0.05) is 0 Å². The van der Waals surface area contributed by atoms with Gasteiger partial charge in [0.1, 0.15) is 11.4 Å². The van der Waals surface area contributed by atoms with Crippen molar-refractivity contribution in [3.05, 3.63) is 18.3 Å². The standard InChI is InChI=1S/C9H13N3O2/c1-9(2,8(13)14)12-7-4-3-6(10)5-11-7/h3-5H,10H2,1-2H3,(H,11,12)(H,13,14). The predicted molar refractivity (Wildman–Crippen MR) is 54.0 cm³/mol. The Kier molecular flexibility index (Phi) is 2.60. The zero-order chi connectivity index (χ0) is 10.8. The number of carboxylic acid groups (broad SMARTS) is 1. The van der Waals surface area contributed by atoms with E-state index in [-0.39, 0.29) is 0 Å². The predicted octanol–water partition coefficient (Wildman–Crippen LogP) is 0.939. The molecule has 0 aliphatic carbocycles. The molecule has 1 heterocycles. The highest BCUT2D eigenvalue weighted by Gasteiger charge is 2.26. The summed E-state index contributed by atoms with van der Waals surface area (Å²) in [6, 6.07) is 3.30. The summed E-state index contributed by atoms with van der Waals surface area (Å²) in [6.07, 6.45) is 1.47. The van der Waals surface area contributed by atoms with Crippen molar-refractivity contribution in [1.29, 1.82) is 0 Å². The minimum atomic E-state index is -1.04. The number of nitrogen functional groups attached to an aromatic ring is 1. The molecule has 0 atom stereocenters. The third kappa shape index (κ3) is 2.35. The fourth-order valence-corrected chi connectivity index (χ4v) is 0.853. The molecule has 14 heavy (non-hydrogen) atoms. The number of nitrogens with one attached hydrogen (secondary N) is 1. The lowest BCUT2D eigenvalue weighted by Crippen LogP contribution is -2.40. The van der Waals surface area contributed by atoms with Crippen LogP contribution in [0.3, 0.4) is 0 Å². The minimum Gasteiger partial charge on any atom is -0.480 e. The van der Waals surface area contributed by atoms with E-state index >= 15 is 0 Å². The summed E-state index contributed by atoms with van der Waals surface area (Å²) in [7, 11) is 0. The summed E-state index contributed by atoms with van der Waals surface area (Å²) in [4.78, 5) is 14.7. The summed E-state index contributed by atoms with van der Waals surface area (Å²) in [5.41, 5.74) is 4.95. The molecule has 0 fully saturated rings. The summed E-state index contributed by atoms with van der Waals surface area (Å²) in [6.45, 7) is 3.13. The van der Waals surface area contributed by atoms with E-state index in [0.717, 1.165) is 0 Å². The SMILES string of the molecule is CC(C)(Nc1ccc(N)cn1)C(=O)O. The molecule has 0 amide bonds. The van der Waals surface area contributed by atoms with Crippen molar-refractivity contribution in [1.82, 2.24) is 4.98 Å². The number of anilines is 2. The van der Waals surface area contributed by atoms with Crippen molar-refractivity contribution in [2.24, 2.45) is 0 Å². The molecule has 5 heteroatoms. The monoisotopic (exact) mass is 195 g/mol. The molecule has 0 saturated heterocycles. The normalized spacial score (nSPS) is 11.0. The zero-order valence-electron chi connectivity index (χ0n) is 8.11. The van der Waals surface area contributed by atoms with Gasteiger partial charge in [0.25, 0.3) is 0 Å². The van der Waals surface area contributed by atoms with Gasteiger partial charge in [0, 0.05) is 0 Å². The quantitative estimate of drug-likeness (QED) is 0.668. The molecule has 0 unspecified atom stereocenters. The van der Waals surface area contributed by atoms with Gasteiger partial charge in [-0.2, -0.15) is 0 Å². The van der Waals surface area contributed by atoms with E-state index < -0.39 is 11.5 Å². The van der Waals surface area contributed by atoms with Crippen LogP contribution in [0.1, 0.15) is 13.8 Å². The second-order valence-corrected chi connectivity index (χ2v) is 3.53. The lowest BCUT2D eigenvalue weighted by molar-refractivity contribution is -0.141. The number of carbonyl (C=O) groups is 1. The van der Waals surface area contributed by atoms with Crippen LogP contribution in [0.2, 0.25) is 0 Å². The van der Waals surface area contributed by atoms with Crippen LogP contribution < -0.4 is 11.1 Å². The molecule has 4 N–H and O–H groups in total. The fraction of sp³-hybridized carbons (Fsp3) is 0.333. The molecular formula is C9H13N3O2. The molecule has 1 aromatic rings. The van der Waals surface area contributed by atoms with Gasteiger partial charge in [0.15, 0.2) is 0 Å². The first-order chi connectivity index (χ1) is 6.42. The maximum atomic E-state index is 10.8. The fourth-order valence-electron chi connectivity index (χ4n) is 0.853. The van der Waals surface area contributed by atoms with Gasteiger partial charge in [0.2, 0.25) is 0 Å². The molecule has 0 saturated carbocycles. The van der Waals surface area contributed by atoms with Crippen LogP contribution in [0.25, 0.3) is 0 Å². The largest absolute Gasteiger partial charge is 0.480 e. The Morgan fingerprint density at radius 3 is 2.64 bits per heavy atom. The van der Waals surface area contributed by atoms with E-state index in [4.69, 9.17) is 10.8 Å². The average Bonchev–Trinajstić information content (AvgIpc) is 2.08. The number of aliphatic carboxylic acids is 1. The number of hydrogen-bond donors (Lipinski definition) is 3. The van der Waals surface area contributed by atoms with Gasteiger partial charge in [0.05, 0.1) is 11.9 Å². The first kappa shape index (κ1) is 10.3. The number of pyridine rings is 1. The number of aromatic nitrogens is 1. The van der Waals surface area contributed by atoms with Crippen LogP contribution in [0.5, 0.6) is 0 Å².